The van der Waals surface area contributed by atoms with Crippen LogP contribution in [0.15, 0.2) is 24.3 Å². The van der Waals surface area contributed by atoms with Crippen LogP contribution >= 0.6 is 23.7 Å². The van der Waals surface area contributed by atoms with Gasteiger partial charge in [0.1, 0.15) is 5.82 Å². The summed E-state index contributed by atoms with van der Waals surface area (Å²) >= 11 is 1.37. The Morgan fingerprint density at radius 2 is 2.14 bits per heavy atom. The Morgan fingerprint density at radius 1 is 1.45 bits per heavy atom. The van der Waals surface area contributed by atoms with E-state index < -0.39 is 5.54 Å². The van der Waals surface area contributed by atoms with Crippen molar-refractivity contribution in [2.45, 2.75) is 31.7 Å². The van der Waals surface area contributed by atoms with Crippen LogP contribution in [0.4, 0.5) is 9.52 Å². The molecule has 1 aromatic carbocycles. The molecule has 1 aromatic heterocycles. The highest BCUT2D eigenvalue weighted by Crippen LogP contribution is 2.34. The molecular weight excluding hydrogens is 325 g/mol. The molecule has 0 unspecified atom stereocenters. The van der Waals surface area contributed by atoms with Gasteiger partial charge in [-0.1, -0.05) is 18.2 Å². The van der Waals surface area contributed by atoms with E-state index in [1.165, 1.54) is 17.4 Å². The fraction of sp³-hybridized carbons (Fsp3) is 0.333. The van der Waals surface area contributed by atoms with Gasteiger partial charge in [-0.05, 0) is 31.4 Å². The lowest BCUT2D eigenvalue weighted by molar-refractivity contribution is -0.118. The summed E-state index contributed by atoms with van der Waals surface area (Å²) in [5.74, 6) is -0.413. The van der Waals surface area contributed by atoms with E-state index in [0.29, 0.717) is 30.0 Å². The number of halogens is 2. The molecule has 1 aliphatic carbocycles. The summed E-state index contributed by atoms with van der Waals surface area (Å²) in [6.45, 7) is 1.86. The number of aromatic nitrogens is 1. The van der Waals surface area contributed by atoms with Crippen LogP contribution in [0.2, 0.25) is 0 Å². The molecular formula is C15H17ClFN3OS. The Labute approximate surface area is 138 Å². The van der Waals surface area contributed by atoms with Crippen molar-refractivity contribution >= 4 is 34.8 Å². The number of anilines is 1. The number of thiazole rings is 1. The van der Waals surface area contributed by atoms with Crippen LogP contribution in [0.25, 0.3) is 0 Å². The molecule has 1 saturated carbocycles. The van der Waals surface area contributed by atoms with Crippen molar-refractivity contribution in [2.24, 2.45) is 5.73 Å². The molecule has 0 bridgehead atoms. The summed E-state index contributed by atoms with van der Waals surface area (Å²) in [4.78, 5) is 17.2. The molecule has 3 N–H and O–H groups in total. The molecule has 1 amide bonds. The number of nitrogens with two attached hydrogens (primary N) is 1. The second-order valence-electron chi connectivity index (χ2n) is 5.41. The van der Waals surface area contributed by atoms with Crippen molar-refractivity contribution < 1.29 is 9.18 Å². The van der Waals surface area contributed by atoms with Gasteiger partial charge in [0.15, 0.2) is 5.13 Å². The Kier molecular flexibility index (Phi) is 4.84. The van der Waals surface area contributed by atoms with Gasteiger partial charge >= 0.3 is 0 Å². The fourth-order valence-corrected chi connectivity index (χ4v) is 3.02. The monoisotopic (exact) mass is 341 g/mol. The molecule has 1 fully saturated rings. The van der Waals surface area contributed by atoms with Crippen molar-refractivity contribution in [3.8, 4) is 0 Å². The first-order valence-electron chi connectivity index (χ1n) is 6.78. The molecule has 0 radical (unpaired) electrons. The fourth-order valence-electron chi connectivity index (χ4n) is 2.04. The minimum Gasteiger partial charge on any atom is -0.317 e. The SMILES string of the molecule is Cc1nc(NC(=O)C2(N)CC2)sc1Cc1ccccc1F.Cl. The third-order valence-electron chi connectivity index (χ3n) is 3.66. The molecule has 118 valence electrons. The predicted molar refractivity (Wildman–Crippen MR) is 88.1 cm³/mol. The molecule has 1 aliphatic rings. The summed E-state index contributed by atoms with van der Waals surface area (Å²) in [7, 11) is 0. The number of rotatable bonds is 4. The number of nitrogens with one attached hydrogen (secondary N) is 1. The summed E-state index contributed by atoms with van der Waals surface area (Å²) in [5.41, 5.74) is 6.56. The average Bonchev–Trinajstić information content (AvgIpc) is 3.10. The lowest BCUT2D eigenvalue weighted by atomic mass is 10.1. The van der Waals surface area contributed by atoms with Crippen molar-refractivity contribution in [3.63, 3.8) is 0 Å². The minimum atomic E-state index is -0.717. The smallest absolute Gasteiger partial charge is 0.246 e. The summed E-state index contributed by atoms with van der Waals surface area (Å²) in [5, 5.41) is 3.28. The van der Waals surface area contributed by atoms with Gasteiger partial charge in [-0.3, -0.25) is 4.79 Å². The van der Waals surface area contributed by atoms with E-state index in [4.69, 9.17) is 5.73 Å². The molecule has 0 atom stereocenters. The van der Waals surface area contributed by atoms with Gasteiger partial charge in [0, 0.05) is 11.3 Å². The first kappa shape index (κ1) is 16.9. The van der Waals surface area contributed by atoms with Crippen LogP contribution in [0.1, 0.15) is 29.0 Å². The molecule has 2 aromatic rings. The Bertz CT molecular complexity index is 700. The van der Waals surface area contributed by atoms with Crippen molar-refractivity contribution in [1.82, 2.24) is 4.98 Å². The normalized spacial score (nSPS) is 15.0. The number of carbonyl (C=O) groups excluding carboxylic acids is 1. The zero-order valence-corrected chi connectivity index (χ0v) is 13.7. The lowest BCUT2D eigenvalue weighted by Crippen LogP contribution is -2.37. The van der Waals surface area contributed by atoms with E-state index in [2.05, 4.69) is 10.3 Å². The number of carbonyl (C=O) groups is 1. The van der Waals surface area contributed by atoms with Crippen molar-refractivity contribution in [3.05, 3.63) is 46.2 Å². The standard InChI is InChI=1S/C15H16FN3OS.ClH/c1-9-12(8-10-4-2-3-5-11(10)16)21-14(18-9)19-13(20)15(17)6-7-15;/h2-5H,6-8,17H2,1H3,(H,18,19,20);1H. The Hall–Kier alpha value is -1.50. The third-order valence-corrected chi connectivity index (χ3v) is 4.74. The minimum absolute atomic E-state index is 0. The molecule has 22 heavy (non-hydrogen) atoms. The number of aryl methyl sites for hydroxylation is 1. The van der Waals surface area contributed by atoms with Crippen molar-refractivity contribution in [1.29, 1.82) is 0 Å². The average molecular weight is 342 g/mol. The van der Waals surface area contributed by atoms with E-state index in [0.717, 1.165) is 10.6 Å². The zero-order valence-electron chi connectivity index (χ0n) is 12.1. The van der Waals surface area contributed by atoms with E-state index in [1.807, 2.05) is 13.0 Å². The van der Waals surface area contributed by atoms with Gasteiger partial charge in [-0.25, -0.2) is 9.37 Å². The number of benzene rings is 1. The molecule has 0 saturated heterocycles. The van der Waals surface area contributed by atoms with Crippen LogP contribution in [-0.4, -0.2) is 16.4 Å². The second kappa shape index (κ2) is 6.32. The Balaban J connectivity index is 0.00000176. The highest BCUT2D eigenvalue weighted by Gasteiger charge is 2.46. The molecule has 7 heteroatoms. The van der Waals surface area contributed by atoms with Crippen LogP contribution < -0.4 is 11.1 Å². The largest absolute Gasteiger partial charge is 0.317 e. The van der Waals surface area contributed by atoms with Gasteiger partial charge in [0.25, 0.3) is 0 Å². The summed E-state index contributed by atoms with van der Waals surface area (Å²) < 4.78 is 13.7. The van der Waals surface area contributed by atoms with Gasteiger partial charge in [0.05, 0.1) is 11.2 Å². The number of nitrogens with zero attached hydrogens (tertiary/aromatic N) is 1. The number of amides is 1. The zero-order chi connectivity index (χ0) is 15.0. The first-order valence-corrected chi connectivity index (χ1v) is 7.60. The third kappa shape index (κ3) is 3.45. The highest BCUT2D eigenvalue weighted by molar-refractivity contribution is 7.15. The van der Waals surface area contributed by atoms with Crippen LogP contribution in [0.5, 0.6) is 0 Å². The van der Waals surface area contributed by atoms with Crippen LogP contribution in [0.3, 0.4) is 0 Å². The number of hydrogen-bond acceptors (Lipinski definition) is 4. The maximum atomic E-state index is 13.7. The van der Waals surface area contributed by atoms with E-state index in [-0.39, 0.29) is 24.1 Å². The second-order valence-corrected chi connectivity index (χ2v) is 6.49. The van der Waals surface area contributed by atoms with E-state index in [9.17, 15) is 9.18 Å². The highest BCUT2D eigenvalue weighted by atomic mass is 35.5. The lowest BCUT2D eigenvalue weighted by Gasteiger charge is -2.06. The molecule has 0 spiro atoms. The topological polar surface area (TPSA) is 68.0 Å². The summed E-state index contributed by atoms with van der Waals surface area (Å²) in [6.07, 6.45) is 1.90. The van der Waals surface area contributed by atoms with E-state index in [1.54, 1.807) is 12.1 Å². The molecule has 0 aliphatic heterocycles. The predicted octanol–water partition coefficient (Wildman–Crippen LogP) is 3.03. The van der Waals surface area contributed by atoms with Crippen molar-refractivity contribution in [2.75, 3.05) is 5.32 Å². The van der Waals surface area contributed by atoms with Gasteiger partial charge in [-0.2, -0.15) is 0 Å². The maximum absolute atomic E-state index is 13.7. The first-order chi connectivity index (χ1) is 9.98. The Morgan fingerprint density at radius 3 is 2.77 bits per heavy atom. The molecule has 4 nitrogen and oxygen atoms in total. The van der Waals surface area contributed by atoms with Crippen LogP contribution in [-0.2, 0) is 11.2 Å². The van der Waals surface area contributed by atoms with E-state index >= 15 is 0 Å². The quantitative estimate of drug-likeness (QED) is 0.898. The van der Waals surface area contributed by atoms with Crippen LogP contribution in [0, 0.1) is 12.7 Å². The molecule has 3 rings (SSSR count). The van der Waals surface area contributed by atoms with Gasteiger partial charge < -0.3 is 11.1 Å². The maximum Gasteiger partial charge on any atom is 0.246 e. The molecule has 1 heterocycles. The van der Waals surface area contributed by atoms with Gasteiger partial charge in [0.2, 0.25) is 5.91 Å². The number of hydrogen-bond donors (Lipinski definition) is 2. The summed E-state index contributed by atoms with van der Waals surface area (Å²) in [6, 6.07) is 6.68. The van der Waals surface area contributed by atoms with Gasteiger partial charge in [-0.15, -0.1) is 23.7 Å².